The van der Waals surface area contributed by atoms with E-state index in [0.717, 1.165) is 0 Å². The van der Waals surface area contributed by atoms with Crippen LogP contribution in [0.2, 0.25) is 0 Å². The van der Waals surface area contributed by atoms with Crippen molar-refractivity contribution in [3.05, 3.63) is 30.4 Å². The van der Waals surface area contributed by atoms with Crippen LogP contribution in [-0.4, -0.2) is 34.5 Å². The first-order valence-corrected chi connectivity index (χ1v) is 7.45. The van der Waals surface area contributed by atoms with E-state index in [1.54, 1.807) is 24.9 Å². The number of nitrogens with zero attached hydrogens (tertiary/aromatic N) is 4. The number of hydrogen-bond donors (Lipinski definition) is 1. The SMILES string of the molecule is Cc1nn(C)cc1S(=O)(=O)NCCCn1cccn1. The average Bonchev–Trinajstić information content (AvgIpc) is 2.94. The molecule has 7 nitrogen and oxygen atoms in total. The van der Waals surface area contributed by atoms with Crippen LogP contribution in [-0.2, 0) is 23.6 Å². The van der Waals surface area contributed by atoms with E-state index in [9.17, 15) is 8.42 Å². The molecule has 2 aromatic heterocycles. The fourth-order valence-corrected chi connectivity index (χ4v) is 3.09. The zero-order valence-electron chi connectivity index (χ0n) is 10.9. The van der Waals surface area contributed by atoms with Crippen LogP contribution in [0.3, 0.4) is 0 Å². The summed E-state index contributed by atoms with van der Waals surface area (Å²) in [6.45, 7) is 2.73. The minimum Gasteiger partial charge on any atom is -0.274 e. The third-order valence-corrected chi connectivity index (χ3v) is 4.24. The highest BCUT2D eigenvalue weighted by Crippen LogP contribution is 2.11. The lowest BCUT2D eigenvalue weighted by molar-refractivity contribution is 0.552. The Bertz CT molecular complexity index is 630. The van der Waals surface area contributed by atoms with Gasteiger partial charge in [0, 0.05) is 38.7 Å². The van der Waals surface area contributed by atoms with Crippen LogP contribution < -0.4 is 4.72 Å². The Kier molecular flexibility index (Phi) is 4.01. The number of rotatable bonds is 6. The number of aromatic nitrogens is 4. The van der Waals surface area contributed by atoms with Gasteiger partial charge in [-0.05, 0) is 19.4 Å². The molecule has 0 atom stereocenters. The Morgan fingerprint density at radius 3 is 2.79 bits per heavy atom. The highest BCUT2D eigenvalue weighted by atomic mass is 32.2. The molecule has 104 valence electrons. The summed E-state index contributed by atoms with van der Waals surface area (Å²) in [4.78, 5) is 0.231. The molecule has 0 saturated heterocycles. The first kappa shape index (κ1) is 13.8. The van der Waals surface area contributed by atoms with Gasteiger partial charge in [0.2, 0.25) is 10.0 Å². The van der Waals surface area contributed by atoms with Crippen molar-refractivity contribution in [3.63, 3.8) is 0 Å². The lowest BCUT2D eigenvalue weighted by Gasteiger charge is -2.05. The van der Waals surface area contributed by atoms with Gasteiger partial charge in [-0.3, -0.25) is 9.36 Å². The molecule has 2 heterocycles. The van der Waals surface area contributed by atoms with Crippen LogP contribution in [0.15, 0.2) is 29.6 Å². The van der Waals surface area contributed by atoms with E-state index in [0.29, 0.717) is 25.2 Å². The minimum absolute atomic E-state index is 0.231. The van der Waals surface area contributed by atoms with Crippen molar-refractivity contribution in [3.8, 4) is 0 Å². The number of hydrogen-bond acceptors (Lipinski definition) is 4. The van der Waals surface area contributed by atoms with Crippen molar-refractivity contribution < 1.29 is 8.42 Å². The normalized spacial score (nSPS) is 11.9. The standard InChI is InChI=1S/C11H17N5O2S/c1-10-11(9-15(2)14-10)19(17,18)13-6-4-8-16-7-3-5-12-16/h3,5,7,9,13H,4,6,8H2,1-2H3. The maximum absolute atomic E-state index is 12.0. The fourth-order valence-electron chi connectivity index (χ4n) is 1.80. The highest BCUT2D eigenvalue weighted by Gasteiger charge is 2.18. The molecule has 0 aliphatic heterocycles. The second-order valence-electron chi connectivity index (χ2n) is 4.27. The van der Waals surface area contributed by atoms with E-state index in [-0.39, 0.29) is 4.90 Å². The van der Waals surface area contributed by atoms with E-state index in [1.165, 1.54) is 10.9 Å². The molecular formula is C11H17N5O2S. The predicted molar refractivity (Wildman–Crippen MR) is 70.0 cm³/mol. The van der Waals surface area contributed by atoms with E-state index < -0.39 is 10.0 Å². The van der Waals surface area contributed by atoms with Crippen LogP contribution in [0, 0.1) is 6.92 Å². The van der Waals surface area contributed by atoms with Gasteiger partial charge in [0.1, 0.15) is 4.90 Å². The second-order valence-corrected chi connectivity index (χ2v) is 6.01. The quantitative estimate of drug-likeness (QED) is 0.773. The Labute approximate surface area is 112 Å². The largest absolute Gasteiger partial charge is 0.274 e. The predicted octanol–water partition coefficient (Wildman–Crippen LogP) is 0.294. The van der Waals surface area contributed by atoms with Gasteiger partial charge < -0.3 is 0 Å². The van der Waals surface area contributed by atoms with Gasteiger partial charge in [-0.1, -0.05) is 0 Å². The van der Waals surface area contributed by atoms with Crippen molar-refractivity contribution in [1.29, 1.82) is 0 Å². The van der Waals surface area contributed by atoms with Gasteiger partial charge in [0.05, 0.1) is 5.69 Å². The molecule has 0 aromatic carbocycles. The molecule has 0 saturated carbocycles. The van der Waals surface area contributed by atoms with Gasteiger partial charge in [0.15, 0.2) is 0 Å². The maximum atomic E-state index is 12.0. The summed E-state index contributed by atoms with van der Waals surface area (Å²) >= 11 is 0. The molecule has 0 unspecified atom stereocenters. The topological polar surface area (TPSA) is 81.8 Å². The van der Waals surface area contributed by atoms with Crippen LogP contribution >= 0.6 is 0 Å². The fraction of sp³-hybridized carbons (Fsp3) is 0.455. The van der Waals surface area contributed by atoms with Crippen LogP contribution in [0.5, 0.6) is 0 Å². The van der Waals surface area contributed by atoms with E-state index in [1.807, 2.05) is 12.3 Å². The van der Waals surface area contributed by atoms with E-state index in [4.69, 9.17) is 0 Å². The third kappa shape index (κ3) is 3.42. The molecule has 19 heavy (non-hydrogen) atoms. The van der Waals surface area contributed by atoms with Crippen molar-refractivity contribution in [2.24, 2.45) is 7.05 Å². The first-order valence-electron chi connectivity index (χ1n) is 5.96. The van der Waals surface area contributed by atoms with Crippen molar-refractivity contribution >= 4 is 10.0 Å². The van der Waals surface area contributed by atoms with Gasteiger partial charge in [-0.15, -0.1) is 0 Å². The second kappa shape index (κ2) is 5.54. The monoisotopic (exact) mass is 283 g/mol. The third-order valence-electron chi connectivity index (χ3n) is 2.67. The maximum Gasteiger partial charge on any atom is 0.243 e. The Morgan fingerprint density at radius 2 is 2.21 bits per heavy atom. The number of sulfonamides is 1. The summed E-state index contributed by atoms with van der Waals surface area (Å²) in [5.74, 6) is 0. The van der Waals surface area contributed by atoms with Crippen molar-refractivity contribution in [1.82, 2.24) is 24.3 Å². The highest BCUT2D eigenvalue weighted by molar-refractivity contribution is 7.89. The summed E-state index contributed by atoms with van der Waals surface area (Å²) in [5, 5.41) is 8.08. The van der Waals surface area contributed by atoms with Gasteiger partial charge in [-0.25, -0.2) is 13.1 Å². The smallest absolute Gasteiger partial charge is 0.243 e. The molecule has 2 rings (SSSR count). The molecule has 0 aliphatic carbocycles. The molecule has 8 heteroatoms. The zero-order valence-corrected chi connectivity index (χ0v) is 11.8. The van der Waals surface area contributed by atoms with Crippen molar-refractivity contribution in [2.45, 2.75) is 24.8 Å². The van der Waals surface area contributed by atoms with Gasteiger partial charge in [-0.2, -0.15) is 10.2 Å². The molecule has 0 spiro atoms. The van der Waals surface area contributed by atoms with Gasteiger partial charge >= 0.3 is 0 Å². The van der Waals surface area contributed by atoms with E-state index >= 15 is 0 Å². The summed E-state index contributed by atoms with van der Waals surface area (Å²) in [5.41, 5.74) is 0.502. The molecule has 0 amide bonds. The Morgan fingerprint density at radius 1 is 1.42 bits per heavy atom. The molecule has 2 aromatic rings. The molecule has 0 aliphatic rings. The lowest BCUT2D eigenvalue weighted by Crippen LogP contribution is -2.26. The molecule has 0 fully saturated rings. The van der Waals surface area contributed by atoms with Crippen molar-refractivity contribution in [2.75, 3.05) is 6.54 Å². The van der Waals surface area contributed by atoms with E-state index in [2.05, 4.69) is 14.9 Å². The first-order chi connectivity index (χ1) is 8.99. The summed E-state index contributed by atoms with van der Waals surface area (Å²) in [6, 6.07) is 1.84. The van der Waals surface area contributed by atoms with Crippen LogP contribution in [0.4, 0.5) is 0 Å². The van der Waals surface area contributed by atoms with Crippen LogP contribution in [0.1, 0.15) is 12.1 Å². The Hall–Kier alpha value is -1.67. The summed E-state index contributed by atoms with van der Waals surface area (Å²) < 4.78 is 29.9. The lowest BCUT2D eigenvalue weighted by atomic mass is 10.4. The summed E-state index contributed by atoms with van der Waals surface area (Å²) in [7, 11) is -1.78. The van der Waals surface area contributed by atoms with Gasteiger partial charge in [0.25, 0.3) is 0 Å². The molecule has 0 bridgehead atoms. The Balaban J connectivity index is 1.89. The molecule has 0 radical (unpaired) electrons. The zero-order chi connectivity index (χ0) is 13.9. The summed E-state index contributed by atoms with van der Waals surface area (Å²) in [6.07, 6.45) is 5.73. The number of aryl methyl sites for hydroxylation is 3. The molecule has 1 N–H and O–H groups in total. The molecular weight excluding hydrogens is 266 g/mol. The number of nitrogens with one attached hydrogen (secondary N) is 1. The minimum atomic E-state index is -3.47. The van der Waals surface area contributed by atoms with Crippen LogP contribution in [0.25, 0.3) is 0 Å². The average molecular weight is 283 g/mol.